The first-order chi connectivity index (χ1) is 17.2. The Balaban J connectivity index is 0.000000341. The van der Waals surface area contributed by atoms with Gasteiger partial charge in [-0.25, -0.2) is 4.79 Å². The van der Waals surface area contributed by atoms with Crippen LogP contribution in [0.25, 0.3) is 0 Å². The molecular formula is C22H33N7O7S. The molecule has 3 rings (SSSR count). The number of hydrogen-bond acceptors (Lipinski definition) is 9. The van der Waals surface area contributed by atoms with Crippen molar-refractivity contribution < 1.29 is 34.5 Å². The van der Waals surface area contributed by atoms with Gasteiger partial charge in [0.05, 0.1) is 0 Å². The van der Waals surface area contributed by atoms with Gasteiger partial charge in [-0.15, -0.1) is 11.8 Å². The average Bonchev–Trinajstić information content (AvgIpc) is 3.08. The van der Waals surface area contributed by atoms with Crippen LogP contribution in [-0.4, -0.2) is 84.7 Å². The van der Waals surface area contributed by atoms with Crippen LogP contribution in [0, 0.1) is 0 Å². The Morgan fingerprint density at radius 1 is 1.16 bits per heavy atom. The topological polar surface area (TPSA) is 261 Å². The molecule has 2 amide bonds. The van der Waals surface area contributed by atoms with Crippen molar-refractivity contribution in [3.63, 3.8) is 0 Å². The van der Waals surface area contributed by atoms with Gasteiger partial charge in [-0.05, 0) is 44.4 Å². The number of rotatable bonds is 9. The van der Waals surface area contributed by atoms with Gasteiger partial charge in [0.2, 0.25) is 11.8 Å². The van der Waals surface area contributed by atoms with Crippen molar-refractivity contribution in [1.29, 1.82) is 0 Å². The minimum Gasteiger partial charge on any atom is -0.508 e. The van der Waals surface area contributed by atoms with Gasteiger partial charge in [-0.3, -0.25) is 19.4 Å². The summed E-state index contributed by atoms with van der Waals surface area (Å²) in [4.78, 5) is 51.4. The lowest BCUT2D eigenvalue weighted by Crippen LogP contribution is -2.71. The number of nitrogens with two attached hydrogens (primary N) is 4. The van der Waals surface area contributed by atoms with E-state index in [2.05, 4.69) is 10.3 Å². The van der Waals surface area contributed by atoms with Gasteiger partial charge in [0.1, 0.15) is 35.3 Å². The number of benzene rings is 1. The van der Waals surface area contributed by atoms with Crippen LogP contribution in [0.1, 0.15) is 38.3 Å². The molecular weight excluding hydrogens is 506 g/mol. The van der Waals surface area contributed by atoms with Crippen molar-refractivity contribution in [3.05, 3.63) is 29.8 Å². The number of aliphatic imine (C=N–C) groups is 1. The lowest BCUT2D eigenvalue weighted by Gasteiger charge is -2.43. The van der Waals surface area contributed by atoms with Crippen LogP contribution in [0.4, 0.5) is 0 Å². The predicted octanol–water partition coefficient (Wildman–Crippen LogP) is -1.52. The van der Waals surface area contributed by atoms with Crippen LogP contribution in [-0.2, 0) is 19.2 Å². The molecule has 2 saturated heterocycles. The summed E-state index contributed by atoms with van der Waals surface area (Å²) in [6.07, 6.45) is 0.956. The number of β-lactam (4-membered cyclic amide) rings is 1. The lowest BCUT2D eigenvalue weighted by molar-refractivity contribution is -0.161. The zero-order valence-electron chi connectivity index (χ0n) is 20.4. The van der Waals surface area contributed by atoms with E-state index in [4.69, 9.17) is 28.0 Å². The summed E-state index contributed by atoms with van der Waals surface area (Å²) in [5.41, 5.74) is 21.7. The van der Waals surface area contributed by atoms with E-state index in [9.17, 15) is 29.4 Å². The first-order valence-electron chi connectivity index (χ1n) is 11.3. The maximum Gasteiger partial charge on any atom is 0.327 e. The average molecular weight is 540 g/mol. The summed E-state index contributed by atoms with van der Waals surface area (Å²) in [5.74, 6) is -2.93. The normalized spacial score (nSPS) is 22.9. The highest BCUT2D eigenvalue weighted by Crippen LogP contribution is 2.50. The van der Waals surface area contributed by atoms with Crippen LogP contribution >= 0.6 is 11.8 Å². The van der Waals surface area contributed by atoms with Crippen LogP contribution < -0.4 is 28.3 Å². The molecule has 0 spiro atoms. The summed E-state index contributed by atoms with van der Waals surface area (Å²) in [6.45, 7) is 3.95. The van der Waals surface area contributed by atoms with Crippen molar-refractivity contribution in [2.75, 3.05) is 6.54 Å². The van der Waals surface area contributed by atoms with Crippen LogP contribution in [0.15, 0.2) is 29.3 Å². The van der Waals surface area contributed by atoms with Crippen molar-refractivity contribution in [2.45, 2.75) is 61.0 Å². The predicted molar refractivity (Wildman–Crippen MR) is 136 cm³/mol. The standard InChI is InChI=1S/C16H19N3O5S.C6H14N4O2/c1-16(2)11(15(23)24)19-13(22)10(14(19)25-16)18-12(21)9(17)7-3-5-8(20)6-4-7;7-4(5(11)12)2-1-3-10-6(8)9/h3-6,9-11,14,20H,17H2,1-2H3,(H,18,21)(H,23,24);4H,1-3,7H2,(H,11,12)(H4,8,9,10)/t9?,10-,11+,14-;4-/m10/s1. The molecule has 0 bridgehead atoms. The fraction of sp³-hybridized carbons (Fsp3) is 0.500. The van der Waals surface area contributed by atoms with Crippen molar-refractivity contribution in [3.8, 4) is 5.75 Å². The molecule has 1 unspecified atom stereocenters. The van der Waals surface area contributed by atoms with Gasteiger partial charge >= 0.3 is 11.9 Å². The summed E-state index contributed by atoms with van der Waals surface area (Å²) in [7, 11) is 0. The number of aliphatic carboxylic acids is 2. The number of thioether (sulfide) groups is 1. The molecule has 2 fully saturated rings. The molecule has 0 aromatic heterocycles. The zero-order valence-corrected chi connectivity index (χ0v) is 21.2. The summed E-state index contributed by atoms with van der Waals surface area (Å²) < 4.78 is -0.648. The lowest BCUT2D eigenvalue weighted by atomic mass is 9.95. The highest BCUT2D eigenvalue weighted by molar-refractivity contribution is 8.01. The van der Waals surface area contributed by atoms with Gasteiger partial charge < -0.3 is 48.5 Å². The van der Waals surface area contributed by atoms with E-state index < -0.39 is 58.0 Å². The van der Waals surface area contributed by atoms with E-state index in [1.165, 1.54) is 40.9 Å². The number of hydrogen-bond donors (Lipinski definition) is 8. The molecule has 2 aliphatic heterocycles. The second-order valence-electron chi connectivity index (χ2n) is 9.05. The Bertz CT molecular complexity index is 1050. The van der Waals surface area contributed by atoms with E-state index in [1.807, 2.05) is 0 Å². The molecule has 204 valence electrons. The monoisotopic (exact) mass is 539 g/mol. The third-order valence-corrected chi connectivity index (χ3v) is 7.36. The van der Waals surface area contributed by atoms with Crippen molar-refractivity contribution >= 4 is 41.5 Å². The molecule has 1 aromatic rings. The molecule has 37 heavy (non-hydrogen) atoms. The molecule has 0 saturated carbocycles. The molecule has 1 aromatic carbocycles. The Morgan fingerprint density at radius 2 is 1.76 bits per heavy atom. The minimum absolute atomic E-state index is 0.0129. The van der Waals surface area contributed by atoms with Gasteiger partial charge in [0.15, 0.2) is 5.96 Å². The fourth-order valence-corrected chi connectivity index (χ4v) is 5.49. The first kappa shape index (κ1) is 29.7. The van der Waals surface area contributed by atoms with Crippen molar-refractivity contribution in [1.82, 2.24) is 10.2 Å². The Morgan fingerprint density at radius 3 is 2.27 bits per heavy atom. The van der Waals surface area contributed by atoms with E-state index in [1.54, 1.807) is 13.8 Å². The number of carboxylic acid groups (broad SMARTS) is 2. The van der Waals surface area contributed by atoms with Gasteiger partial charge in [0.25, 0.3) is 0 Å². The summed E-state index contributed by atoms with van der Waals surface area (Å²) >= 11 is 1.35. The van der Waals surface area contributed by atoms with Crippen LogP contribution in [0.5, 0.6) is 5.75 Å². The van der Waals surface area contributed by atoms with Gasteiger partial charge in [0, 0.05) is 11.3 Å². The maximum atomic E-state index is 12.3. The Hall–Kier alpha value is -3.56. The number of guanidine groups is 1. The van der Waals surface area contributed by atoms with Crippen LogP contribution in [0.2, 0.25) is 0 Å². The molecule has 15 heteroatoms. The fourth-order valence-electron chi connectivity index (χ4n) is 3.86. The maximum absolute atomic E-state index is 12.3. The first-order valence-corrected chi connectivity index (χ1v) is 12.2. The highest BCUT2D eigenvalue weighted by Gasteiger charge is 2.64. The number of nitrogens with zero attached hydrogens (tertiary/aromatic N) is 2. The number of phenols is 1. The molecule has 0 radical (unpaired) electrons. The van der Waals surface area contributed by atoms with Crippen molar-refractivity contribution in [2.24, 2.45) is 27.9 Å². The summed E-state index contributed by atoms with van der Waals surface area (Å²) in [6, 6.07) is 2.39. The molecule has 2 heterocycles. The third-order valence-electron chi connectivity index (χ3n) is 5.79. The van der Waals surface area contributed by atoms with Gasteiger partial charge in [-0.2, -0.15) is 0 Å². The quantitative estimate of drug-likeness (QED) is 0.0769. The number of carboxylic acids is 2. The number of fused-ring (bicyclic) bond motifs is 1. The molecule has 12 N–H and O–H groups in total. The largest absolute Gasteiger partial charge is 0.508 e. The Kier molecular flexibility index (Phi) is 9.72. The number of amides is 2. The number of carbonyl (C=O) groups excluding carboxylic acids is 2. The molecule has 5 atom stereocenters. The van der Waals surface area contributed by atoms with E-state index >= 15 is 0 Å². The molecule has 14 nitrogen and oxygen atoms in total. The number of nitrogens with one attached hydrogen (secondary N) is 1. The van der Waals surface area contributed by atoms with E-state index in [-0.39, 0.29) is 11.7 Å². The van der Waals surface area contributed by atoms with Gasteiger partial charge in [-0.1, -0.05) is 12.1 Å². The summed E-state index contributed by atoms with van der Waals surface area (Å²) in [5, 5.41) is 29.2. The highest BCUT2D eigenvalue weighted by atomic mass is 32.2. The minimum atomic E-state index is -1.06. The second-order valence-corrected chi connectivity index (χ2v) is 10.8. The van der Waals surface area contributed by atoms with E-state index in [0.717, 1.165) is 0 Å². The molecule has 2 aliphatic rings. The number of carbonyl (C=O) groups is 4. The number of aromatic hydroxyl groups is 1. The van der Waals surface area contributed by atoms with E-state index in [0.29, 0.717) is 24.9 Å². The molecule has 0 aliphatic carbocycles. The second kappa shape index (κ2) is 12.1. The third kappa shape index (κ3) is 7.24. The number of phenolic OH excluding ortho intramolecular Hbond substituents is 1. The SMILES string of the molecule is CC1(C)S[C@@H]2[C@H](NC(=O)C(N)c3ccc(O)cc3)C(=O)N2[C@H]1C(=O)O.NC(N)=NCCC[C@H](N)C(=O)O. The van der Waals surface area contributed by atoms with Crippen LogP contribution in [0.3, 0.4) is 0 Å². The zero-order chi connectivity index (χ0) is 28.1. The smallest absolute Gasteiger partial charge is 0.327 e. The Labute approximate surface area is 217 Å².